The van der Waals surface area contributed by atoms with Crippen LogP contribution >= 0.6 is 15.9 Å². The van der Waals surface area contributed by atoms with E-state index < -0.39 is 10.0 Å². The second-order valence-electron chi connectivity index (χ2n) is 4.93. The van der Waals surface area contributed by atoms with Gasteiger partial charge in [-0.15, -0.1) is 5.10 Å². The van der Waals surface area contributed by atoms with Gasteiger partial charge in [0.1, 0.15) is 0 Å². The second-order valence-corrected chi connectivity index (χ2v) is 7.53. The maximum absolute atomic E-state index is 12.7. The van der Waals surface area contributed by atoms with Crippen LogP contribution in [0.25, 0.3) is 0 Å². The molecule has 1 aromatic carbocycles. The molecule has 0 saturated heterocycles. The Bertz CT molecular complexity index is 782. The number of hydrogen-bond acceptors (Lipinski definition) is 5. The summed E-state index contributed by atoms with van der Waals surface area (Å²) in [7, 11) is -2.10. The molecule has 0 aliphatic carbocycles. The van der Waals surface area contributed by atoms with Gasteiger partial charge < -0.3 is 5.73 Å². The third kappa shape index (κ3) is 2.45. The van der Waals surface area contributed by atoms with Crippen molar-refractivity contribution in [1.82, 2.24) is 19.3 Å². The fourth-order valence-corrected chi connectivity index (χ4v) is 4.93. The van der Waals surface area contributed by atoms with Crippen molar-refractivity contribution in [1.29, 1.82) is 0 Å². The lowest BCUT2D eigenvalue weighted by Gasteiger charge is -2.28. The summed E-state index contributed by atoms with van der Waals surface area (Å²) in [5.41, 5.74) is 8.49. The quantitative estimate of drug-likeness (QED) is 0.791. The average Bonchev–Trinajstić information content (AvgIpc) is 2.77. The van der Waals surface area contributed by atoms with Gasteiger partial charge in [0.2, 0.25) is 5.03 Å². The van der Waals surface area contributed by atoms with Crippen LogP contribution in [-0.4, -0.2) is 34.3 Å². The largest absolute Gasteiger partial charge is 0.399 e. The molecule has 0 spiro atoms. The fraction of sp³-hybridized carbons (Fsp3) is 0.333. The molecule has 112 valence electrons. The van der Waals surface area contributed by atoms with Crippen molar-refractivity contribution in [2.75, 3.05) is 12.3 Å². The Morgan fingerprint density at radius 3 is 2.76 bits per heavy atom. The maximum atomic E-state index is 12.7. The van der Waals surface area contributed by atoms with Crippen LogP contribution in [0.5, 0.6) is 0 Å². The van der Waals surface area contributed by atoms with E-state index in [2.05, 4.69) is 26.2 Å². The van der Waals surface area contributed by atoms with Gasteiger partial charge in [-0.05, 0) is 45.6 Å². The molecule has 0 atom stereocenters. The van der Waals surface area contributed by atoms with Crippen LogP contribution in [0.1, 0.15) is 11.1 Å². The van der Waals surface area contributed by atoms with E-state index in [0.29, 0.717) is 25.2 Å². The minimum absolute atomic E-state index is 0.0647. The molecule has 3 rings (SSSR count). The number of fused-ring (bicyclic) bond motifs is 1. The van der Waals surface area contributed by atoms with Crippen LogP contribution in [0.4, 0.5) is 5.69 Å². The average molecular weight is 372 g/mol. The second kappa shape index (κ2) is 5.08. The number of nitrogens with zero attached hydrogens (tertiary/aromatic N) is 4. The number of rotatable bonds is 2. The fourth-order valence-electron chi connectivity index (χ4n) is 2.48. The number of aromatic nitrogens is 3. The monoisotopic (exact) mass is 371 g/mol. The van der Waals surface area contributed by atoms with Gasteiger partial charge in [0.15, 0.2) is 4.60 Å². The minimum Gasteiger partial charge on any atom is -0.399 e. The smallest absolute Gasteiger partial charge is 0.263 e. The zero-order valence-corrected chi connectivity index (χ0v) is 13.7. The molecule has 0 amide bonds. The lowest BCUT2D eigenvalue weighted by atomic mass is 10.0. The first-order valence-corrected chi connectivity index (χ1v) is 8.55. The van der Waals surface area contributed by atoms with Crippen molar-refractivity contribution in [2.24, 2.45) is 7.05 Å². The number of sulfonamides is 1. The highest BCUT2D eigenvalue weighted by Gasteiger charge is 2.33. The van der Waals surface area contributed by atoms with E-state index in [1.807, 2.05) is 18.2 Å². The van der Waals surface area contributed by atoms with Crippen LogP contribution in [0.15, 0.2) is 27.8 Å². The molecule has 1 aliphatic heterocycles. The van der Waals surface area contributed by atoms with Crippen LogP contribution in [0, 0.1) is 0 Å². The van der Waals surface area contributed by atoms with Gasteiger partial charge in [-0.25, -0.2) is 13.1 Å². The SMILES string of the molecule is Cn1nnc(Br)c1S(=O)(=O)N1CCc2ccc(N)cc2C1. The Kier molecular flexibility index (Phi) is 3.50. The minimum atomic E-state index is -3.65. The van der Waals surface area contributed by atoms with Crippen molar-refractivity contribution < 1.29 is 8.42 Å². The zero-order valence-electron chi connectivity index (χ0n) is 11.3. The normalized spacial score (nSPS) is 15.9. The predicted molar refractivity (Wildman–Crippen MR) is 80.9 cm³/mol. The van der Waals surface area contributed by atoms with Gasteiger partial charge >= 0.3 is 0 Å². The number of hydrogen-bond donors (Lipinski definition) is 1. The number of anilines is 1. The van der Waals surface area contributed by atoms with Crippen LogP contribution in [-0.2, 0) is 30.0 Å². The molecule has 1 aromatic heterocycles. The number of halogens is 1. The molecule has 9 heteroatoms. The molecule has 2 N–H and O–H groups in total. The summed E-state index contributed by atoms with van der Waals surface area (Å²) in [6, 6.07) is 5.62. The van der Waals surface area contributed by atoms with E-state index in [4.69, 9.17) is 5.73 Å². The molecule has 1 aliphatic rings. The van der Waals surface area contributed by atoms with E-state index in [1.54, 1.807) is 7.05 Å². The van der Waals surface area contributed by atoms with Gasteiger partial charge in [0.05, 0.1) is 0 Å². The third-order valence-corrected chi connectivity index (χ3v) is 6.26. The van der Waals surface area contributed by atoms with E-state index in [-0.39, 0.29) is 9.63 Å². The van der Waals surface area contributed by atoms with Crippen molar-refractivity contribution in [3.8, 4) is 0 Å². The summed E-state index contributed by atoms with van der Waals surface area (Å²) in [4.78, 5) is 0. The Hall–Kier alpha value is -1.45. The Labute approximate surface area is 130 Å². The number of aryl methyl sites for hydroxylation is 1. The summed E-state index contributed by atoms with van der Waals surface area (Å²) in [6.45, 7) is 0.733. The summed E-state index contributed by atoms with van der Waals surface area (Å²) in [6.07, 6.45) is 0.664. The number of benzene rings is 1. The topological polar surface area (TPSA) is 94.1 Å². The van der Waals surface area contributed by atoms with E-state index in [9.17, 15) is 8.42 Å². The summed E-state index contributed by atoms with van der Waals surface area (Å²) in [5, 5.41) is 7.53. The van der Waals surface area contributed by atoms with Gasteiger partial charge in [0, 0.05) is 25.8 Å². The van der Waals surface area contributed by atoms with Gasteiger partial charge in [0.25, 0.3) is 10.0 Å². The van der Waals surface area contributed by atoms with Crippen LogP contribution in [0.3, 0.4) is 0 Å². The molecule has 2 heterocycles. The van der Waals surface area contributed by atoms with Gasteiger partial charge in [-0.3, -0.25) is 0 Å². The van der Waals surface area contributed by atoms with Crippen molar-refractivity contribution in [2.45, 2.75) is 18.0 Å². The standard InChI is InChI=1S/C12H14BrN5O2S/c1-17-12(11(13)15-16-17)21(19,20)18-5-4-8-2-3-10(14)6-9(8)7-18/h2-3,6H,4-5,7,14H2,1H3. The molecular weight excluding hydrogens is 358 g/mol. The Morgan fingerprint density at radius 1 is 1.33 bits per heavy atom. The van der Waals surface area contributed by atoms with Crippen molar-refractivity contribution in [3.63, 3.8) is 0 Å². The highest BCUT2D eigenvalue weighted by Crippen LogP contribution is 2.28. The molecule has 0 bridgehead atoms. The third-order valence-electron chi connectivity index (χ3n) is 3.53. The first kappa shape index (κ1) is 14.5. The Morgan fingerprint density at radius 2 is 2.10 bits per heavy atom. The van der Waals surface area contributed by atoms with E-state index in [1.165, 1.54) is 8.99 Å². The molecule has 0 saturated carbocycles. The molecule has 21 heavy (non-hydrogen) atoms. The highest BCUT2D eigenvalue weighted by atomic mass is 79.9. The zero-order chi connectivity index (χ0) is 15.2. The van der Waals surface area contributed by atoms with Crippen LogP contribution < -0.4 is 5.73 Å². The molecule has 7 nitrogen and oxygen atoms in total. The van der Waals surface area contributed by atoms with E-state index >= 15 is 0 Å². The Balaban J connectivity index is 1.99. The highest BCUT2D eigenvalue weighted by molar-refractivity contribution is 9.10. The first-order chi connectivity index (χ1) is 9.89. The van der Waals surface area contributed by atoms with Crippen LogP contribution in [0.2, 0.25) is 0 Å². The summed E-state index contributed by atoms with van der Waals surface area (Å²) in [5.74, 6) is 0. The van der Waals surface area contributed by atoms with Crippen molar-refractivity contribution in [3.05, 3.63) is 33.9 Å². The lowest BCUT2D eigenvalue weighted by Crippen LogP contribution is -2.37. The lowest BCUT2D eigenvalue weighted by molar-refractivity contribution is 0.386. The maximum Gasteiger partial charge on any atom is 0.263 e. The number of nitrogen functional groups attached to an aromatic ring is 1. The first-order valence-electron chi connectivity index (χ1n) is 6.32. The summed E-state index contributed by atoms with van der Waals surface area (Å²) >= 11 is 3.14. The van der Waals surface area contributed by atoms with Gasteiger partial charge in [-0.2, -0.15) is 4.31 Å². The molecule has 0 radical (unpaired) electrons. The van der Waals surface area contributed by atoms with E-state index in [0.717, 1.165) is 11.1 Å². The molecular formula is C12H14BrN5O2S. The summed E-state index contributed by atoms with van der Waals surface area (Å²) < 4.78 is 28.4. The van der Waals surface area contributed by atoms with Crippen molar-refractivity contribution >= 4 is 31.6 Å². The predicted octanol–water partition coefficient (Wildman–Crippen LogP) is 0.907. The molecule has 0 unspecified atom stereocenters. The number of nitrogens with two attached hydrogens (primary N) is 1. The molecule has 2 aromatic rings. The molecule has 0 fully saturated rings. The van der Waals surface area contributed by atoms with Gasteiger partial charge in [-0.1, -0.05) is 11.3 Å².